The number of benzene rings is 2. The molecule has 0 aliphatic carbocycles. The molecular weight excluding hydrogens is 234 g/mol. The minimum absolute atomic E-state index is 0.675. The van der Waals surface area contributed by atoms with E-state index in [1.807, 2.05) is 24.5 Å². The van der Waals surface area contributed by atoms with Gasteiger partial charge in [0.15, 0.2) is 0 Å². The van der Waals surface area contributed by atoms with Gasteiger partial charge in [0.05, 0.1) is 29.0 Å². The Bertz CT molecular complexity index is 736. The SMILES string of the molecule is N#Cc1ccc2ncn(CCc3ccccc3)c2c1. The van der Waals surface area contributed by atoms with Crippen molar-refractivity contribution in [3.8, 4) is 6.07 Å². The zero-order valence-corrected chi connectivity index (χ0v) is 10.5. The maximum atomic E-state index is 8.95. The zero-order chi connectivity index (χ0) is 13.1. The quantitative estimate of drug-likeness (QED) is 0.713. The van der Waals surface area contributed by atoms with Crippen molar-refractivity contribution in [1.29, 1.82) is 5.26 Å². The molecule has 0 radical (unpaired) electrons. The van der Waals surface area contributed by atoms with Crippen LogP contribution in [0.25, 0.3) is 11.0 Å². The molecule has 0 unspecified atom stereocenters. The summed E-state index contributed by atoms with van der Waals surface area (Å²) in [7, 11) is 0. The van der Waals surface area contributed by atoms with Gasteiger partial charge in [-0.3, -0.25) is 0 Å². The topological polar surface area (TPSA) is 41.6 Å². The predicted molar refractivity (Wildman–Crippen MR) is 74.6 cm³/mol. The van der Waals surface area contributed by atoms with Crippen molar-refractivity contribution in [2.45, 2.75) is 13.0 Å². The van der Waals surface area contributed by atoms with Crippen LogP contribution in [0, 0.1) is 11.3 Å². The smallest absolute Gasteiger partial charge is 0.0992 e. The highest BCUT2D eigenvalue weighted by Gasteiger charge is 2.03. The summed E-state index contributed by atoms with van der Waals surface area (Å²) in [5, 5.41) is 8.95. The molecule has 0 aliphatic rings. The van der Waals surface area contributed by atoms with Crippen molar-refractivity contribution >= 4 is 11.0 Å². The van der Waals surface area contributed by atoms with Gasteiger partial charge in [-0.15, -0.1) is 0 Å². The second-order valence-electron chi connectivity index (χ2n) is 4.49. The highest BCUT2D eigenvalue weighted by atomic mass is 15.0. The zero-order valence-electron chi connectivity index (χ0n) is 10.5. The van der Waals surface area contributed by atoms with Gasteiger partial charge < -0.3 is 4.57 Å². The van der Waals surface area contributed by atoms with E-state index in [1.54, 1.807) is 6.07 Å². The molecule has 3 rings (SSSR count). The lowest BCUT2D eigenvalue weighted by molar-refractivity contribution is 0.716. The summed E-state index contributed by atoms with van der Waals surface area (Å²) >= 11 is 0. The standard InChI is InChI=1S/C16H13N3/c17-11-14-6-7-15-16(10-14)19(12-18-15)9-8-13-4-2-1-3-5-13/h1-7,10,12H,8-9H2. The molecule has 0 spiro atoms. The number of rotatable bonds is 3. The van der Waals surface area contributed by atoms with Gasteiger partial charge in [-0.2, -0.15) is 5.26 Å². The van der Waals surface area contributed by atoms with Crippen LogP contribution >= 0.6 is 0 Å². The first-order chi connectivity index (χ1) is 9.36. The van der Waals surface area contributed by atoms with E-state index in [4.69, 9.17) is 5.26 Å². The van der Waals surface area contributed by atoms with Gasteiger partial charge in [-0.25, -0.2) is 4.98 Å². The summed E-state index contributed by atoms with van der Waals surface area (Å²) in [6.45, 7) is 0.870. The molecule has 1 aromatic heterocycles. The first-order valence-corrected chi connectivity index (χ1v) is 6.26. The predicted octanol–water partition coefficient (Wildman–Crippen LogP) is 3.15. The van der Waals surface area contributed by atoms with E-state index in [2.05, 4.69) is 39.9 Å². The van der Waals surface area contributed by atoms with E-state index in [0.717, 1.165) is 24.0 Å². The van der Waals surface area contributed by atoms with Gasteiger partial charge in [0.25, 0.3) is 0 Å². The van der Waals surface area contributed by atoms with Crippen molar-refractivity contribution in [2.24, 2.45) is 0 Å². The first-order valence-electron chi connectivity index (χ1n) is 6.26. The molecule has 3 nitrogen and oxygen atoms in total. The van der Waals surface area contributed by atoms with Crippen molar-refractivity contribution < 1.29 is 0 Å². The molecule has 1 heterocycles. The molecule has 0 saturated heterocycles. The third-order valence-corrected chi connectivity index (χ3v) is 3.23. The summed E-state index contributed by atoms with van der Waals surface area (Å²) in [5.74, 6) is 0. The lowest BCUT2D eigenvalue weighted by Gasteiger charge is -2.04. The van der Waals surface area contributed by atoms with Gasteiger partial charge in [-0.1, -0.05) is 30.3 Å². The van der Waals surface area contributed by atoms with Crippen LogP contribution in [0.3, 0.4) is 0 Å². The number of aromatic nitrogens is 2. The fraction of sp³-hybridized carbons (Fsp3) is 0.125. The lowest BCUT2D eigenvalue weighted by Crippen LogP contribution is -1.99. The molecule has 92 valence electrons. The second kappa shape index (κ2) is 4.95. The Morgan fingerprint density at radius 1 is 1.11 bits per heavy atom. The van der Waals surface area contributed by atoms with Crippen molar-refractivity contribution in [1.82, 2.24) is 9.55 Å². The van der Waals surface area contributed by atoms with Crippen LogP contribution in [0.4, 0.5) is 0 Å². The van der Waals surface area contributed by atoms with E-state index in [0.29, 0.717) is 5.56 Å². The molecule has 0 N–H and O–H groups in total. The Morgan fingerprint density at radius 3 is 2.74 bits per heavy atom. The molecular formula is C16H13N3. The maximum Gasteiger partial charge on any atom is 0.0992 e. The average Bonchev–Trinajstić information content (AvgIpc) is 2.88. The van der Waals surface area contributed by atoms with E-state index in [9.17, 15) is 0 Å². The first kappa shape index (κ1) is 11.5. The van der Waals surface area contributed by atoms with E-state index in [-0.39, 0.29) is 0 Å². The average molecular weight is 247 g/mol. The van der Waals surface area contributed by atoms with Crippen LogP contribution in [0.5, 0.6) is 0 Å². The van der Waals surface area contributed by atoms with Gasteiger partial charge in [-0.05, 0) is 30.2 Å². The lowest BCUT2D eigenvalue weighted by atomic mass is 10.1. The third kappa shape index (κ3) is 2.34. The Balaban J connectivity index is 1.87. The van der Waals surface area contributed by atoms with Crippen LogP contribution in [-0.2, 0) is 13.0 Å². The summed E-state index contributed by atoms with van der Waals surface area (Å²) in [6.07, 6.45) is 2.80. The molecule has 19 heavy (non-hydrogen) atoms. The van der Waals surface area contributed by atoms with E-state index < -0.39 is 0 Å². The van der Waals surface area contributed by atoms with Gasteiger partial charge in [0.1, 0.15) is 0 Å². The Morgan fingerprint density at radius 2 is 1.95 bits per heavy atom. The molecule has 0 amide bonds. The highest BCUT2D eigenvalue weighted by molar-refractivity contribution is 5.76. The molecule has 3 aromatic rings. The molecule has 0 bridgehead atoms. The fourth-order valence-electron chi connectivity index (χ4n) is 2.20. The molecule has 0 aliphatic heterocycles. The van der Waals surface area contributed by atoms with Crippen LogP contribution in [0.15, 0.2) is 54.9 Å². The molecule has 3 heteroatoms. The fourth-order valence-corrected chi connectivity index (χ4v) is 2.20. The number of hydrogen-bond acceptors (Lipinski definition) is 2. The largest absolute Gasteiger partial charge is 0.330 e. The number of fused-ring (bicyclic) bond motifs is 1. The molecule has 0 atom stereocenters. The van der Waals surface area contributed by atoms with Crippen LogP contribution in [0.1, 0.15) is 11.1 Å². The number of nitrogens with zero attached hydrogens (tertiary/aromatic N) is 3. The molecule has 0 fully saturated rings. The van der Waals surface area contributed by atoms with Crippen LogP contribution in [0.2, 0.25) is 0 Å². The van der Waals surface area contributed by atoms with Crippen molar-refractivity contribution in [3.05, 3.63) is 66.0 Å². The van der Waals surface area contributed by atoms with Gasteiger partial charge in [0.2, 0.25) is 0 Å². The second-order valence-corrected chi connectivity index (χ2v) is 4.49. The summed E-state index contributed by atoms with van der Waals surface area (Å²) in [5.41, 5.74) is 3.94. The normalized spacial score (nSPS) is 10.5. The minimum atomic E-state index is 0.675. The van der Waals surface area contributed by atoms with Gasteiger partial charge in [0, 0.05) is 6.54 Å². The summed E-state index contributed by atoms with van der Waals surface area (Å²) in [6, 6.07) is 18.1. The third-order valence-electron chi connectivity index (χ3n) is 3.23. The van der Waals surface area contributed by atoms with Crippen molar-refractivity contribution in [2.75, 3.05) is 0 Å². The van der Waals surface area contributed by atoms with E-state index >= 15 is 0 Å². The van der Waals surface area contributed by atoms with E-state index in [1.165, 1.54) is 5.56 Å². The van der Waals surface area contributed by atoms with Crippen LogP contribution < -0.4 is 0 Å². The number of hydrogen-bond donors (Lipinski definition) is 0. The molecule has 2 aromatic carbocycles. The van der Waals surface area contributed by atoms with Crippen molar-refractivity contribution in [3.63, 3.8) is 0 Å². The van der Waals surface area contributed by atoms with Crippen LogP contribution in [-0.4, -0.2) is 9.55 Å². The van der Waals surface area contributed by atoms with Gasteiger partial charge >= 0.3 is 0 Å². The minimum Gasteiger partial charge on any atom is -0.330 e. The Kier molecular flexibility index (Phi) is 2.99. The maximum absolute atomic E-state index is 8.95. The summed E-state index contributed by atoms with van der Waals surface area (Å²) in [4.78, 5) is 4.36. The summed E-state index contributed by atoms with van der Waals surface area (Å²) < 4.78 is 2.10. The monoisotopic (exact) mass is 247 g/mol. The number of aryl methyl sites for hydroxylation is 2. The Hall–Kier alpha value is -2.60. The number of nitriles is 1. The number of imidazole rings is 1. The molecule has 0 saturated carbocycles. The Labute approximate surface area is 111 Å². The highest BCUT2D eigenvalue weighted by Crippen LogP contribution is 2.15.